The molecule has 0 fully saturated rings. The zero-order chi connectivity index (χ0) is 17.8. The molecule has 2 atom stereocenters. The molecule has 0 amide bonds. The molecule has 0 spiro atoms. The van der Waals surface area contributed by atoms with Crippen LogP contribution in [0.15, 0.2) is 23.3 Å². The van der Waals surface area contributed by atoms with Gasteiger partial charge in [-0.05, 0) is 39.8 Å². The summed E-state index contributed by atoms with van der Waals surface area (Å²) in [6, 6.07) is 0. The van der Waals surface area contributed by atoms with Crippen molar-refractivity contribution in [3.8, 4) is 0 Å². The fourth-order valence-electron chi connectivity index (χ4n) is 1.82. The van der Waals surface area contributed by atoms with Crippen molar-refractivity contribution in [2.75, 3.05) is 26.4 Å². The van der Waals surface area contributed by atoms with E-state index < -0.39 is 11.9 Å². The maximum Gasteiger partial charge on any atom is 0.333 e. The van der Waals surface area contributed by atoms with Crippen molar-refractivity contribution < 1.29 is 34.0 Å². The van der Waals surface area contributed by atoms with E-state index in [1.54, 1.807) is 13.8 Å². The molecule has 0 radical (unpaired) electrons. The number of hydrogen-bond donors (Lipinski definition) is 2. The second kappa shape index (κ2) is 11.8. The summed E-state index contributed by atoms with van der Waals surface area (Å²) in [6.07, 6.45) is 2.17. The van der Waals surface area contributed by atoms with E-state index >= 15 is 0 Å². The molecule has 7 heteroatoms. The second-order valence-corrected chi connectivity index (χ2v) is 4.81. The Morgan fingerprint density at radius 2 is 1.22 bits per heavy atom. The SMILES string of the molecule is CCOC(C)C=C(COCC(=CC(C)OCC)C(=O)O)C(=O)O. The van der Waals surface area contributed by atoms with E-state index in [0.29, 0.717) is 13.2 Å². The van der Waals surface area contributed by atoms with E-state index in [4.69, 9.17) is 24.4 Å². The lowest BCUT2D eigenvalue weighted by atomic mass is 10.2. The van der Waals surface area contributed by atoms with Crippen molar-refractivity contribution in [1.29, 1.82) is 0 Å². The Balaban J connectivity index is 4.71. The predicted octanol–water partition coefficient (Wildman–Crippen LogP) is 1.88. The third-order valence-electron chi connectivity index (χ3n) is 2.80. The third kappa shape index (κ3) is 9.83. The van der Waals surface area contributed by atoms with Crippen LogP contribution in [-0.2, 0) is 23.8 Å². The Morgan fingerprint density at radius 3 is 1.48 bits per heavy atom. The molecule has 2 unspecified atom stereocenters. The Labute approximate surface area is 136 Å². The highest BCUT2D eigenvalue weighted by molar-refractivity contribution is 5.87. The van der Waals surface area contributed by atoms with Crippen molar-refractivity contribution >= 4 is 11.9 Å². The molecule has 0 aliphatic carbocycles. The van der Waals surface area contributed by atoms with E-state index in [1.165, 1.54) is 12.2 Å². The number of ether oxygens (including phenoxy) is 3. The summed E-state index contributed by atoms with van der Waals surface area (Å²) in [5.74, 6) is -2.25. The van der Waals surface area contributed by atoms with Gasteiger partial charge in [-0.15, -0.1) is 0 Å². The molecular weight excluding hydrogens is 304 g/mol. The number of carboxylic acid groups (broad SMARTS) is 2. The molecule has 0 aliphatic rings. The monoisotopic (exact) mass is 330 g/mol. The molecular formula is C16H26O7. The summed E-state index contributed by atoms with van der Waals surface area (Å²) in [4.78, 5) is 22.3. The van der Waals surface area contributed by atoms with Gasteiger partial charge in [-0.2, -0.15) is 0 Å². The molecule has 0 saturated heterocycles. The Kier molecular flexibility index (Phi) is 10.9. The maximum absolute atomic E-state index is 11.2. The minimum absolute atomic E-state index is 0.0218. The van der Waals surface area contributed by atoms with Crippen molar-refractivity contribution in [3.05, 3.63) is 23.3 Å². The van der Waals surface area contributed by atoms with E-state index in [2.05, 4.69) is 0 Å². The van der Waals surface area contributed by atoms with Crippen LogP contribution >= 0.6 is 0 Å². The topological polar surface area (TPSA) is 102 Å². The summed E-state index contributed by atoms with van der Waals surface area (Å²) >= 11 is 0. The van der Waals surface area contributed by atoms with Gasteiger partial charge in [-0.3, -0.25) is 0 Å². The molecule has 0 heterocycles. The molecule has 132 valence electrons. The van der Waals surface area contributed by atoms with Crippen LogP contribution in [0.1, 0.15) is 27.7 Å². The Morgan fingerprint density at radius 1 is 0.870 bits per heavy atom. The van der Waals surface area contributed by atoms with Gasteiger partial charge < -0.3 is 24.4 Å². The fraction of sp³-hybridized carbons (Fsp3) is 0.625. The Hall–Kier alpha value is -1.70. The van der Waals surface area contributed by atoms with Crippen LogP contribution in [0.3, 0.4) is 0 Å². The summed E-state index contributed by atoms with van der Waals surface area (Å²) in [6.45, 7) is 7.58. The second-order valence-electron chi connectivity index (χ2n) is 4.81. The zero-order valence-electron chi connectivity index (χ0n) is 14.1. The maximum atomic E-state index is 11.2. The molecule has 7 nitrogen and oxygen atoms in total. The van der Waals surface area contributed by atoms with Gasteiger partial charge in [0.2, 0.25) is 0 Å². The molecule has 23 heavy (non-hydrogen) atoms. The first-order valence-corrected chi connectivity index (χ1v) is 7.50. The molecule has 0 aromatic heterocycles. The molecule has 0 aliphatic heterocycles. The number of rotatable bonds is 12. The standard InChI is InChI=1S/C16H26O7/c1-5-22-11(3)7-13(15(17)18)9-21-10-14(16(19)20)8-12(4)23-6-2/h7-8,11-12H,5-6,9-10H2,1-4H3,(H,17,18)(H,19,20). The lowest BCUT2D eigenvalue weighted by Crippen LogP contribution is -2.17. The normalized spacial score (nSPS) is 15.3. The average molecular weight is 330 g/mol. The average Bonchev–Trinajstić information content (AvgIpc) is 2.45. The first kappa shape index (κ1) is 21.3. The van der Waals surface area contributed by atoms with E-state index in [-0.39, 0.29) is 36.6 Å². The van der Waals surface area contributed by atoms with Gasteiger partial charge in [0.25, 0.3) is 0 Å². The number of aliphatic carboxylic acids is 2. The van der Waals surface area contributed by atoms with Crippen LogP contribution in [0.4, 0.5) is 0 Å². The first-order chi connectivity index (χ1) is 10.8. The summed E-state index contributed by atoms with van der Waals surface area (Å²) in [5.41, 5.74) is 0.0436. The van der Waals surface area contributed by atoms with Crippen LogP contribution in [-0.4, -0.2) is 60.8 Å². The van der Waals surface area contributed by atoms with Crippen LogP contribution in [0.25, 0.3) is 0 Å². The van der Waals surface area contributed by atoms with E-state index in [9.17, 15) is 9.59 Å². The van der Waals surface area contributed by atoms with Gasteiger partial charge in [0.1, 0.15) is 0 Å². The van der Waals surface area contributed by atoms with Crippen molar-refractivity contribution in [3.63, 3.8) is 0 Å². The summed E-state index contributed by atoms with van der Waals surface area (Å²) in [5, 5.41) is 18.3. The van der Waals surface area contributed by atoms with Gasteiger partial charge in [0.05, 0.1) is 36.6 Å². The molecule has 2 N–H and O–H groups in total. The lowest BCUT2D eigenvalue weighted by Gasteiger charge is -2.11. The quantitative estimate of drug-likeness (QED) is 0.527. The van der Waals surface area contributed by atoms with Crippen molar-refractivity contribution in [2.24, 2.45) is 0 Å². The molecule has 0 rings (SSSR count). The lowest BCUT2D eigenvalue weighted by molar-refractivity contribution is -0.133. The van der Waals surface area contributed by atoms with Gasteiger partial charge >= 0.3 is 11.9 Å². The van der Waals surface area contributed by atoms with Gasteiger partial charge in [-0.1, -0.05) is 0 Å². The van der Waals surface area contributed by atoms with Crippen molar-refractivity contribution in [2.45, 2.75) is 39.9 Å². The van der Waals surface area contributed by atoms with Crippen LogP contribution in [0.2, 0.25) is 0 Å². The number of carboxylic acids is 2. The van der Waals surface area contributed by atoms with Crippen molar-refractivity contribution in [1.82, 2.24) is 0 Å². The molecule has 0 bridgehead atoms. The van der Waals surface area contributed by atoms with Gasteiger partial charge in [0.15, 0.2) is 0 Å². The van der Waals surface area contributed by atoms with Gasteiger partial charge in [0, 0.05) is 13.2 Å². The summed E-state index contributed by atoms with van der Waals surface area (Å²) < 4.78 is 15.7. The smallest absolute Gasteiger partial charge is 0.333 e. The molecule has 0 aromatic rings. The minimum atomic E-state index is -1.12. The summed E-state index contributed by atoms with van der Waals surface area (Å²) in [7, 11) is 0. The number of hydrogen-bond acceptors (Lipinski definition) is 5. The molecule has 0 saturated carbocycles. The van der Waals surface area contributed by atoms with Crippen LogP contribution in [0.5, 0.6) is 0 Å². The van der Waals surface area contributed by atoms with Gasteiger partial charge in [-0.25, -0.2) is 9.59 Å². The minimum Gasteiger partial charge on any atom is -0.478 e. The first-order valence-electron chi connectivity index (χ1n) is 7.50. The highest BCUT2D eigenvalue weighted by atomic mass is 16.5. The highest BCUT2D eigenvalue weighted by Gasteiger charge is 2.13. The number of carbonyl (C=O) groups is 2. The largest absolute Gasteiger partial charge is 0.478 e. The van der Waals surface area contributed by atoms with E-state index in [1.807, 2.05) is 13.8 Å². The third-order valence-corrected chi connectivity index (χ3v) is 2.80. The molecule has 0 aromatic carbocycles. The Bertz CT molecular complexity index is 400. The van der Waals surface area contributed by atoms with Crippen LogP contribution in [0, 0.1) is 0 Å². The van der Waals surface area contributed by atoms with Crippen LogP contribution < -0.4 is 0 Å². The predicted molar refractivity (Wildman–Crippen MR) is 84.4 cm³/mol. The van der Waals surface area contributed by atoms with E-state index in [0.717, 1.165) is 0 Å². The highest BCUT2D eigenvalue weighted by Crippen LogP contribution is 2.06. The zero-order valence-corrected chi connectivity index (χ0v) is 14.1. The fourth-order valence-corrected chi connectivity index (χ4v) is 1.82.